The Balaban J connectivity index is 2.08. The fourth-order valence-corrected chi connectivity index (χ4v) is 2.56. The molecule has 3 rings (SSSR count). The molecule has 0 aliphatic heterocycles. The molecule has 0 aliphatic carbocycles. The van der Waals surface area contributed by atoms with Crippen LogP contribution in [0.15, 0.2) is 59.1 Å². The molecule has 4 heteroatoms. The summed E-state index contributed by atoms with van der Waals surface area (Å²) in [5.41, 5.74) is 8.10. The fraction of sp³-hybridized carbons (Fsp3) is 0.0625. The molecule has 1 heterocycles. The highest BCUT2D eigenvalue weighted by Crippen LogP contribution is 2.26. The van der Waals surface area contributed by atoms with E-state index in [2.05, 4.69) is 20.9 Å². The number of hydrogen-bond acceptors (Lipinski definition) is 2. The fourth-order valence-electron chi connectivity index (χ4n) is 2.18. The van der Waals surface area contributed by atoms with Gasteiger partial charge in [-0.3, -0.25) is 4.98 Å². The van der Waals surface area contributed by atoms with Gasteiger partial charge in [0, 0.05) is 10.9 Å². The molecule has 2 aromatic carbocycles. The van der Waals surface area contributed by atoms with Crippen LogP contribution in [0.25, 0.3) is 10.9 Å². The van der Waals surface area contributed by atoms with Gasteiger partial charge in [0.1, 0.15) is 5.82 Å². The van der Waals surface area contributed by atoms with Gasteiger partial charge in [-0.05, 0) is 34.1 Å². The first-order valence-electron chi connectivity index (χ1n) is 6.22. The SMILES string of the molecule is NC(c1ccc2ccccc2n1)c1cccc(Br)c1F. The van der Waals surface area contributed by atoms with E-state index in [4.69, 9.17) is 5.73 Å². The number of halogens is 2. The molecule has 0 saturated heterocycles. The maximum absolute atomic E-state index is 14.1. The van der Waals surface area contributed by atoms with Gasteiger partial charge in [0.15, 0.2) is 0 Å². The first-order chi connectivity index (χ1) is 9.66. The van der Waals surface area contributed by atoms with Crippen molar-refractivity contribution in [2.45, 2.75) is 6.04 Å². The van der Waals surface area contributed by atoms with E-state index in [1.807, 2.05) is 36.4 Å². The Bertz CT molecular complexity index is 773. The normalized spacial score (nSPS) is 12.6. The number of pyridine rings is 1. The summed E-state index contributed by atoms with van der Waals surface area (Å²) in [5.74, 6) is -0.338. The molecule has 100 valence electrons. The summed E-state index contributed by atoms with van der Waals surface area (Å²) in [6.07, 6.45) is 0. The van der Waals surface area contributed by atoms with Crippen molar-refractivity contribution >= 4 is 26.8 Å². The number of para-hydroxylation sites is 1. The first kappa shape index (κ1) is 13.2. The van der Waals surface area contributed by atoms with Crippen molar-refractivity contribution in [2.75, 3.05) is 0 Å². The third-order valence-electron chi connectivity index (χ3n) is 3.26. The van der Waals surface area contributed by atoms with Gasteiger partial charge in [-0.1, -0.05) is 36.4 Å². The Morgan fingerprint density at radius 3 is 2.65 bits per heavy atom. The van der Waals surface area contributed by atoms with Gasteiger partial charge in [-0.15, -0.1) is 0 Å². The smallest absolute Gasteiger partial charge is 0.142 e. The van der Waals surface area contributed by atoms with Crippen molar-refractivity contribution in [2.24, 2.45) is 5.73 Å². The molecule has 0 spiro atoms. The van der Waals surface area contributed by atoms with Crippen LogP contribution in [0.4, 0.5) is 4.39 Å². The van der Waals surface area contributed by atoms with E-state index in [0.717, 1.165) is 10.9 Å². The lowest BCUT2D eigenvalue weighted by atomic mass is 10.0. The largest absolute Gasteiger partial charge is 0.319 e. The van der Waals surface area contributed by atoms with Gasteiger partial charge in [0.05, 0.1) is 21.7 Å². The predicted molar refractivity (Wildman–Crippen MR) is 81.9 cm³/mol. The van der Waals surface area contributed by atoms with Gasteiger partial charge < -0.3 is 5.73 Å². The second kappa shape index (κ2) is 5.31. The lowest BCUT2D eigenvalue weighted by Crippen LogP contribution is -2.15. The molecule has 0 fully saturated rings. The lowest BCUT2D eigenvalue weighted by Gasteiger charge is -2.14. The number of hydrogen-bond donors (Lipinski definition) is 1. The van der Waals surface area contributed by atoms with Crippen LogP contribution in [0.5, 0.6) is 0 Å². The molecule has 1 unspecified atom stereocenters. The topological polar surface area (TPSA) is 38.9 Å². The average molecular weight is 331 g/mol. The van der Waals surface area contributed by atoms with Crippen molar-refractivity contribution in [1.82, 2.24) is 4.98 Å². The van der Waals surface area contributed by atoms with E-state index < -0.39 is 6.04 Å². The molecule has 0 amide bonds. The van der Waals surface area contributed by atoms with Gasteiger partial charge in [0.2, 0.25) is 0 Å². The van der Waals surface area contributed by atoms with Crippen molar-refractivity contribution in [3.8, 4) is 0 Å². The van der Waals surface area contributed by atoms with E-state index >= 15 is 0 Å². The molecule has 20 heavy (non-hydrogen) atoms. The minimum Gasteiger partial charge on any atom is -0.319 e. The summed E-state index contributed by atoms with van der Waals surface area (Å²) in [7, 11) is 0. The van der Waals surface area contributed by atoms with E-state index in [1.54, 1.807) is 18.2 Å². The van der Waals surface area contributed by atoms with Crippen molar-refractivity contribution in [3.05, 3.63) is 76.1 Å². The number of fused-ring (bicyclic) bond motifs is 1. The number of benzene rings is 2. The van der Waals surface area contributed by atoms with Crippen molar-refractivity contribution in [1.29, 1.82) is 0 Å². The third-order valence-corrected chi connectivity index (χ3v) is 3.87. The molecule has 0 aliphatic rings. The maximum atomic E-state index is 14.1. The summed E-state index contributed by atoms with van der Waals surface area (Å²) in [6, 6.07) is 16.1. The Morgan fingerprint density at radius 2 is 1.80 bits per heavy atom. The van der Waals surface area contributed by atoms with Gasteiger partial charge >= 0.3 is 0 Å². The average Bonchev–Trinajstić information content (AvgIpc) is 2.49. The van der Waals surface area contributed by atoms with Crippen LogP contribution in [-0.2, 0) is 0 Å². The number of aromatic nitrogens is 1. The van der Waals surface area contributed by atoms with Crippen LogP contribution >= 0.6 is 15.9 Å². The summed E-state index contributed by atoms with van der Waals surface area (Å²) in [4.78, 5) is 4.52. The molecule has 1 aromatic heterocycles. The highest BCUT2D eigenvalue weighted by molar-refractivity contribution is 9.10. The molecule has 3 aromatic rings. The van der Waals surface area contributed by atoms with E-state index in [1.165, 1.54) is 0 Å². The van der Waals surface area contributed by atoms with Gasteiger partial charge in [-0.25, -0.2) is 4.39 Å². The highest BCUT2D eigenvalue weighted by atomic mass is 79.9. The van der Waals surface area contributed by atoms with Crippen LogP contribution in [-0.4, -0.2) is 4.98 Å². The molecule has 0 radical (unpaired) electrons. The molecule has 2 nitrogen and oxygen atoms in total. The summed E-state index contributed by atoms with van der Waals surface area (Å²) < 4.78 is 14.5. The second-order valence-corrected chi connectivity index (χ2v) is 5.40. The monoisotopic (exact) mass is 330 g/mol. The maximum Gasteiger partial charge on any atom is 0.142 e. The zero-order valence-electron chi connectivity index (χ0n) is 10.6. The Kier molecular flexibility index (Phi) is 3.51. The molecular formula is C16H12BrFN2. The van der Waals surface area contributed by atoms with Crippen molar-refractivity contribution < 1.29 is 4.39 Å². The number of nitrogens with two attached hydrogens (primary N) is 1. The molecule has 1 atom stereocenters. The summed E-state index contributed by atoms with van der Waals surface area (Å²) >= 11 is 3.18. The van der Waals surface area contributed by atoms with E-state index in [0.29, 0.717) is 15.7 Å². The van der Waals surface area contributed by atoms with Crippen LogP contribution in [0, 0.1) is 5.82 Å². The minimum atomic E-state index is -0.586. The zero-order valence-corrected chi connectivity index (χ0v) is 12.1. The molecule has 0 bridgehead atoms. The second-order valence-electron chi connectivity index (χ2n) is 4.55. The quantitative estimate of drug-likeness (QED) is 0.765. The Morgan fingerprint density at radius 1 is 1.00 bits per heavy atom. The van der Waals surface area contributed by atoms with Crippen LogP contribution in [0.1, 0.15) is 17.3 Å². The van der Waals surface area contributed by atoms with Gasteiger partial charge in [-0.2, -0.15) is 0 Å². The van der Waals surface area contributed by atoms with Crippen LogP contribution < -0.4 is 5.73 Å². The third kappa shape index (κ3) is 2.32. The number of rotatable bonds is 2. The lowest BCUT2D eigenvalue weighted by molar-refractivity contribution is 0.591. The molecule has 2 N–H and O–H groups in total. The van der Waals surface area contributed by atoms with Crippen molar-refractivity contribution in [3.63, 3.8) is 0 Å². The summed E-state index contributed by atoms with van der Waals surface area (Å²) in [6.45, 7) is 0. The van der Waals surface area contributed by atoms with E-state index in [-0.39, 0.29) is 5.82 Å². The molecule has 0 saturated carbocycles. The van der Waals surface area contributed by atoms with Gasteiger partial charge in [0.25, 0.3) is 0 Å². The van der Waals surface area contributed by atoms with E-state index in [9.17, 15) is 4.39 Å². The highest BCUT2D eigenvalue weighted by Gasteiger charge is 2.16. The summed E-state index contributed by atoms with van der Waals surface area (Å²) in [5, 5.41) is 1.04. The first-order valence-corrected chi connectivity index (χ1v) is 7.01. The zero-order chi connectivity index (χ0) is 14.1. The Labute approximate surface area is 124 Å². The molecular weight excluding hydrogens is 319 g/mol. The van der Waals surface area contributed by atoms with Crippen LogP contribution in [0.3, 0.4) is 0 Å². The predicted octanol–water partition coefficient (Wildman–Crippen LogP) is 4.18. The Hall–Kier alpha value is -1.78. The van der Waals surface area contributed by atoms with Crippen LogP contribution in [0.2, 0.25) is 0 Å². The minimum absolute atomic E-state index is 0.338. The standard InChI is InChI=1S/C16H12BrFN2/c17-12-6-3-5-11(15(12)18)16(19)14-9-8-10-4-1-2-7-13(10)20-14/h1-9,16H,19H2. The number of nitrogens with zero attached hydrogens (tertiary/aromatic N) is 1.